The third-order valence-corrected chi connectivity index (χ3v) is 7.71. The maximum absolute atomic E-state index is 13.1. The van der Waals surface area contributed by atoms with E-state index in [-0.39, 0.29) is 17.2 Å². The Bertz CT molecular complexity index is 1500. The number of anilines is 2. The average Bonchev–Trinajstić information content (AvgIpc) is 3.54. The maximum atomic E-state index is 13.1. The number of hydrogen-bond acceptors (Lipinski definition) is 6. The third-order valence-electron chi connectivity index (χ3n) is 7.71. The van der Waals surface area contributed by atoms with Crippen molar-refractivity contribution in [3.8, 4) is 6.07 Å². The number of hydrogen-bond donors (Lipinski definition) is 2. The number of aromatic amines is 1. The lowest BCUT2D eigenvalue weighted by Crippen LogP contribution is -2.29. The zero-order valence-electron chi connectivity index (χ0n) is 19.9. The van der Waals surface area contributed by atoms with Crippen molar-refractivity contribution in [1.29, 1.82) is 5.26 Å². The summed E-state index contributed by atoms with van der Waals surface area (Å²) in [4.78, 5) is 20.1. The van der Waals surface area contributed by atoms with Gasteiger partial charge in [-0.25, -0.2) is 4.98 Å². The fraction of sp³-hybridized carbons (Fsp3) is 0.407. The summed E-state index contributed by atoms with van der Waals surface area (Å²) in [7, 11) is 2.17. The van der Waals surface area contributed by atoms with Gasteiger partial charge in [-0.15, -0.1) is 0 Å². The first-order valence-electron chi connectivity index (χ1n) is 12.5. The minimum Gasteiger partial charge on any atom is -0.340 e. The Hall–Kier alpha value is -3.70. The Balaban J connectivity index is 1.36. The van der Waals surface area contributed by atoms with E-state index in [1.54, 1.807) is 12.3 Å². The van der Waals surface area contributed by atoms with Gasteiger partial charge in [0, 0.05) is 46.4 Å². The number of nitrogens with one attached hydrogen (secondary N) is 2. The monoisotopic (exact) mass is 467 g/mol. The number of rotatable bonds is 4. The van der Waals surface area contributed by atoms with E-state index in [1.807, 2.05) is 22.8 Å². The quantitative estimate of drug-likeness (QED) is 0.446. The fourth-order valence-corrected chi connectivity index (χ4v) is 5.77. The predicted molar refractivity (Wildman–Crippen MR) is 137 cm³/mol. The number of piperidine rings is 1. The highest BCUT2D eigenvalue weighted by atomic mass is 16.1. The summed E-state index contributed by atoms with van der Waals surface area (Å²) in [6.07, 6.45) is 8.15. The van der Waals surface area contributed by atoms with Crippen molar-refractivity contribution < 1.29 is 0 Å². The largest absolute Gasteiger partial charge is 0.340 e. The van der Waals surface area contributed by atoms with Gasteiger partial charge in [0.15, 0.2) is 0 Å². The number of likely N-dealkylation sites (tertiary alicyclic amines) is 1. The topological polar surface area (TPSA) is 103 Å². The summed E-state index contributed by atoms with van der Waals surface area (Å²) >= 11 is 0. The van der Waals surface area contributed by atoms with Crippen LogP contribution < -0.4 is 10.9 Å². The lowest BCUT2D eigenvalue weighted by Gasteiger charge is -2.28. The molecule has 2 fully saturated rings. The van der Waals surface area contributed by atoms with Crippen LogP contribution in [-0.4, -0.2) is 44.8 Å². The van der Waals surface area contributed by atoms with Crippen LogP contribution in [0.2, 0.25) is 0 Å². The van der Waals surface area contributed by atoms with Crippen molar-refractivity contribution in [2.24, 2.45) is 0 Å². The predicted octanol–water partition coefficient (Wildman–Crippen LogP) is 4.81. The second kappa shape index (κ2) is 8.82. The molecule has 0 radical (unpaired) electrons. The molecule has 1 saturated heterocycles. The SMILES string of the molecule is CN1CCC(c2[nH]nc3ccc(Nc4cc5c(cn4)cc(C#N)c(=O)n5C4CCCC4)cc23)CC1. The molecule has 0 atom stereocenters. The Kier molecular flexibility index (Phi) is 5.50. The molecule has 8 heteroatoms. The number of nitrogens with zero attached hydrogens (tertiary/aromatic N) is 5. The first kappa shape index (κ1) is 21.8. The van der Waals surface area contributed by atoms with Crippen molar-refractivity contribution in [2.75, 3.05) is 25.5 Å². The van der Waals surface area contributed by atoms with Crippen molar-refractivity contribution in [3.63, 3.8) is 0 Å². The third kappa shape index (κ3) is 3.96. The Labute approximate surface area is 203 Å². The molecule has 4 heterocycles. The van der Waals surface area contributed by atoms with E-state index in [2.05, 4.69) is 44.6 Å². The maximum Gasteiger partial charge on any atom is 0.269 e. The van der Waals surface area contributed by atoms with Crippen molar-refractivity contribution >= 4 is 33.3 Å². The number of fused-ring (bicyclic) bond motifs is 2. The van der Waals surface area contributed by atoms with Gasteiger partial charge in [-0.2, -0.15) is 10.4 Å². The molecular formula is C27H29N7O. The molecule has 3 aromatic heterocycles. The van der Waals surface area contributed by atoms with Gasteiger partial charge in [0.2, 0.25) is 0 Å². The van der Waals surface area contributed by atoms with Crippen molar-refractivity contribution in [3.05, 3.63) is 58.1 Å². The first-order chi connectivity index (χ1) is 17.1. The number of H-pyrrole nitrogens is 1. The number of pyridine rings is 2. The number of nitriles is 1. The van der Waals surface area contributed by atoms with Gasteiger partial charge in [-0.1, -0.05) is 12.8 Å². The molecule has 4 aromatic rings. The fourth-order valence-electron chi connectivity index (χ4n) is 5.77. The van der Waals surface area contributed by atoms with Gasteiger partial charge in [-0.3, -0.25) is 9.89 Å². The molecule has 0 amide bonds. The molecule has 0 unspecified atom stereocenters. The molecule has 178 valence electrons. The first-order valence-corrected chi connectivity index (χ1v) is 12.5. The standard InChI is InChI=1S/C27H29N7O/c1-33-10-8-17(9-11-33)26-22-13-20(6-7-23(22)31-32-26)30-25-14-24-19(16-29-25)12-18(15-28)27(35)34(24)21-4-2-3-5-21/h6-7,12-14,16-17,21H,2-5,8-11H2,1H3,(H,29,30)(H,31,32). The van der Waals surface area contributed by atoms with Crippen LogP contribution in [0.3, 0.4) is 0 Å². The Morgan fingerprint density at radius 3 is 2.69 bits per heavy atom. The summed E-state index contributed by atoms with van der Waals surface area (Å²) in [6, 6.07) is 12.0. The Morgan fingerprint density at radius 1 is 1.11 bits per heavy atom. The van der Waals surface area contributed by atoms with Crippen LogP contribution in [0.1, 0.15) is 61.7 Å². The minimum atomic E-state index is -0.202. The van der Waals surface area contributed by atoms with E-state index in [1.165, 1.54) is 5.69 Å². The normalized spacial score (nSPS) is 17.8. The lowest BCUT2D eigenvalue weighted by atomic mass is 9.92. The van der Waals surface area contributed by atoms with E-state index < -0.39 is 0 Å². The van der Waals surface area contributed by atoms with Crippen LogP contribution in [-0.2, 0) is 0 Å². The summed E-state index contributed by atoms with van der Waals surface area (Å²) in [5, 5.41) is 22.7. The molecule has 1 aliphatic carbocycles. The molecule has 35 heavy (non-hydrogen) atoms. The summed E-state index contributed by atoms with van der Waals surface area (Å²) in [5.74, 6) is 1.16. The highest BCUT2D eigenvalue weighted by Crippen LogP contribution is 2.34. The molecule has 0 bridgehead atoms. The van der Waals surface area contributed by atoms with Gasteiger partial charge in [0.25, 0.3) is 5.56 Å². The number of benzene rings is 1. The van der Waals surface area contributed by atoms with E-state index >= 15 is 0 Å². The zero-order valence-corrected chi connectivity index (χ0v) is 19.9. The molecule has 2 aliphatic rings. The van der Waals surface area contributed by atoms with Crippen LogP contribution in [0.25, 0.3) is 21.8 Å². The van der Waals surface area contributed by atoms with Gasteiger partial charge in [0.05, 0.1) is 11.0 Å². The second-order valence-electron chi connectivity index (χ2n) is 9.98. The van der Waals surface area contributed by atoms with Gasteiger partial charge < -0.3 is 14.8 Å². The second-order valence-corrected chi connectivity index (χ2v) is 9.98. The van der Waals surface area contributed by atoms with Crippen LogP contribution in [0.4, 0.5) is 11.5 Å². The summed E-state index contributed by atoms with van der Waals surface area (Å²) < 4.78 is 1.82. The van der Waals surface area contributed by atoms with Crippen LogP contribution in [0, 0.1) is 11.3 Å². The van der Waals surface area contributed by atoms with Crippen LogP contribution >= 0.6 is 0 Å². The van der Waals surface area contributed by atoms with E-state index in [9.17, 15) is 10.1 Å². The molecule has 0 spiro atoms. The van der Waals surface area contributed by atoms with E-state index in [4.69, 9.17) is 0 Å². The average molecular weight is 468 g/mol. The molecule has 6 rings (SSSR count). The van der Waals surface area contributed by atoms with Crippen molar-refractivity contribution in [1.82, 2.24) is 24.6 Å². The summed E-state index contributed by atoms with van der Waals surface area (Å²) in [5.41, 5.74) is 3.92. The zero-order chi connectivity index (χ0) is 23.9. The van der Waals surface area contributed by atoms with Crippen LogP contribution in [0.15, 0.2) is 41.3 Å². The van der Waals surface area contributed by atoms with Crippen molar-refractivity contribution in [2.45, 2.75) is 50.5 Å². The van der Waals surface area contributed by atoms with Gasteiger partial charge in [0.1, 0.15) is 17.5 Å². The lowest BCUT2D eigenvalue weighted by molar-refractivity contribution is 0.254. The molecule has 1 saturated carbocycles. The van der Waals surface area contributed by atoms with Gasteiger partial charge >= 0.3 is 0 Å². The smallest absolute Gasteiger partial charge is 0.269 e. The molecular weight excluding hydrogens is 438 g/mol. The molecule has 8 nitrogen and oxygen atoms in total. The molecule has 2 N–H and O–H groups in total. The van der Waals surface area contributed by atoms with E-state index in [0.717, 1.165) is 79.1 Å². The van der Waals surface area contributed by atoms with E-state index in [0.29, 0.717) is 11.7 Å². The highest BCUT2D eigenvalue weighted by molar-refractivity contribution is 5.87. The minimum absolute atomic E-state index is 0.132. The highest BCUT2D eigenvalue weighted by Gasteiger charge is 2.23. The van der Waals surface area contributed by atoms with Crippen LogP contribution in [0.5, 0.6) is 0 Å². The van der Waals surface area contributed by atoms with Gasteiger partial charge in [-0.05, 0) is 70.1 Å². The molecule has 1 aromatic carbocycles. The number of aromatic nitrogens is 4. The summed E-state index contributed by atoms with van der Waals surface area (Å²) in [6.45, 7) is 2.20. The molecule has 1 aliphatic heterocycles. The Morgan fingerprint density at radius 2 is 1.91 bits per heavy atom.